The number of hydrogen-bond donors (Lipinski definition) is 2. The lowest BCUT2D eigenvalue weighted by Gasteiger charge is -1.88. The van der Waals surface area contributed by atoms with Crippen LogP contribution in [0.4, 0.5) is 0 Å². The SMILES string of the molecule is O=C(O)c1ccccc1.On1nnc2ccccc21. The molecule has 0 amide bonds. The fourth-order valence-electron chi connectivity index (χ4n) is 1.44. The first-order valence-corrected chi connectivity index (χ1v) is 5.46. The Kier molecular flexibility index (Phi) is 3.72. The molecule has 6 heteroatoms. The van der Waals surface area contributed by atoms with Gasteiger partial charge in [-0.1, -0.05) is 35.2 Å². The standard InChI is InChI=1S/C7H6O2.C6H5N3O/c8-7(9)6-4-2-1-3-5-6;10-9-6-4-2-1-3-5(6)7-8-9/h1-5H,(H,8,9);1-4,10H. The van der Waals surface area contributed by atoms with Crippen molar-refractivity contribution in [3.05, 3.63) is 60.2 Å². The van der Waals surface area contributed by atoms with Crippen LogP contribution in [0, 0.1) is 0 Å². The molecule has 0 radical (unpaired) electrons. The maximum absolute atomic E-state index is 10.2. The van der Waals surface area contributed by atoms with Gasteiger partial charge in [0.25, 0.3) is 0 Å². The number of hydrogen-bond acceptors (Lipinski definition) is 4. The molecular formula is C13H11N3O3. The number of carboxylic acid groups (broad SMARTS) is 1. The van der Waals surface area contributed by atoms with Crippen molar-refractivity contribution < 1.29 is 15.1 Å². The Balaban J connectivity index is 0.000000141. The van der Waals surface area contributed by atoms with Gasteiger partial charge in [0.15, 0.2) is 0 Å². The largest absolute Gasteiger partial charge is 0.478 e. The van der Waals surface area contributed by atoms with Crippen molar-refractivity contribution in [3.63, 3.8) is 0 Å². The maximum Gasteiger partial charge on any atom is 0.335 e. The van der Waals surface area contributed by atoms with E-state index in [1.54, 1.807) is 42.5 Å². The molecule has 0 spiro atoms. The van der Waals surface area contributed by atoms with E-state index in [4.69, 9.17) is 10.3 Å². The highest BCUT2D eigenvalue weighted by atomic mass is 16.5. The second kappa shape index (κ2) is 5.63. The fourth-order valence-corrected chi connectivity index (χ4v) is 1.44. The Hall–Kier alpha value is -2.89. The normalized spacial score (nSPS) is 9.68. The Morgan fingerprint density at radius 3 is 2.21 bits per heavy atom. The van der Waals surface area contributed by atoms with Crippen LogP contribution in [-0.2, 0) is 0 Å². The second-order valence-electron chi connectivity index (χ2n) is 3.64. The summed E-state index contributed by atoms with van der Waals surface area (Å²) < 4.78 is 0. The summed E-state index contributed by atoms with van der Waals surface area (Å²) in [5.74, 6) is -0.879. The number of benzene rings is 2. The topological polar surface area (TPSA) is 88.2 Å². The first-order chi connectivity index (χ1) is 9.18. The molecule has 0 aliphatic rings. The number of carbonyl (C=O) groups is 1. The average Bonchev–Trinajstić information content (AvgIpc) is 2.83. The van der Waals surface area contributed by atoms with Crippen LogP contribution >= 0.6 is 0 Å². The predicted molar refractivity (Wildman–Crippen MR) is 68.1 cm³/mol. The van der Waals surface area contributed by atoms with E-state index in [9.17, 15) is 4.79 Å². The summed E-state index contributed by atoms with van der Waals surface area (Å²) in [5.41, 5.74) is 1.66. The Labute approximate surface area is 108 Å². The first kappa shape index (κ1) is 12.6. The van der Waals surface area contributed by atoms with E-state index < -0.39 is 5.97 Å². The molecule has 0 bridgehead atoms. The van der Waals surface area contributed by atoms with E-state index in [0.29, 0.717) is 16.6 Å². The summed E-state index contributed by atoms with van der Waals surface area (Å²) in [6.45, 7) is 0. The van der Waals surface area contributed by atoms with Crippen molar-refractivity contribution in [1.82, 2.24) is 15.2 Å². The number of aromatic nitrogens is 3. The van der Waals surface area contributed by atoms with Crippen LogP contribution in [0.3, 0.4) is 0 Å². The number of nitrogens with zero attached hydrogens (tertiary/aromatic N) is 3. The average molecular weight is 257 g/mol. The molecule has 0 saturated carbocycles. The number of carboxylic acids is 1. The first-order valence-electron chi connectivity index (χ1n) is 5.46. The van der Waals surface area contributed by atoms with Gasteiger partial charge in [-0.15, -0.1) is 5.10 Å². The van der Waals surface area contributed by atoms with Crippen molar-refractivity contribution in [2.75, 3.05) is 0 Å². The molecule has 1 aromatic heterocycles. The Morgan fingerprint density at radius 1 is 1.00 bits per heavy atom. The molecule has 0 aliphatic heterocycles. The van der Waals surface area contributed by atoms with Gasteiger partial charge in [-0.2, -0.15) is 0 Å². The summed E-state index contributed by atoms with van der Waals surface area (Å²) in [6.07, 6.45) is 0. The van der Waals surface area contributed by atoms with Crippen LogP contribution in [0.5, 0.6) is 0 Å². The van der Waals surface area contributed by atoms with Crippen molar-refractivity contribution in [3.8, 4) is 0 Å². The molecule has 2 N–H and O–H groups in total. The predicted octanol–water partition coefficient (Wildman–Crippen LogP) is 2.05. The van der Waals surface area contributed by atoms with Gasteiger partial charge in [-0.05, 0) is 29.5 Å². The van der Waals surface area contributed by atoms with Gasteiger partial charge in [0.2, 0.25) is 0 Å². The van der Waals surface area contributed by atoms with Gasteiger partial charge in [-0.3, -0.25) is 0 Å². The molecule has 19 heavy (non-hydrogen) atoms. The highest BCUT2D eigenvalue weighted by molar-refractivity contribution is 5.87. The maximum atomic E-state index is 10.2. The molecular weight excluding hydrogens is 246 g/mol. The van der Waals surface area contributed by atoms with Crippen molar-refractivity contribution in [2.24, 2.45) is 0 Å². The van der Waals surface area contributed by atoms with Crippen LogP contribution in [0.15, 0.2) is 54.6 Å². The smallest absolute Gasteiger partial charge is 0.335 e. The third kappa shape index (κ3) is 3.06. The van der Waals surface area contributed by atoms with E-state index in [-0.39, 0.29) is 0 Å². The highest BCUT2D eigenvalue weighted by Gasteiger charge is 1.98. The van der Waals surface area contributed by atoms with E-state index in [1.165, 1.54) is 0 Å². The molecule has 3 aromatic rings. The summed E-state index contributed by atoms with van der Waals surface area (Å²) in [5, 5.41) is 24.4. The molecule has 0 saturated heterocycles. The van der Waals surface area contributed by atoms with Crippen LogP contribution in [0.25, 0.3) is 11.0 Å². The van der Waals surface area contributed by atoms with Crippen molar-refractivity contribution >= 4 is 17.0 Å². The van der Waals surface area contributed by atoms with E-state index >= 15 is 0 Å². The number of fused-ring (bicyclic) bond motifs is 1. The summed E-state index contributed by atoms with van der Waals surface area (Å²) in [7, 11) is 0. The zero-order valence-corrected chi connectivity index (χ0v) is 9.84. The van der Waals surface area contributed by atoms with Gasteiger partial charge in [0, 0.05) is 0 Å². The summed E-state index contributed by atoms with van der Waals surface area (Å²) in [6, 6.07) is 15.5. The minimum Gasteiger partial charge on any atom is -0.478 e. The number of para-hydroxylation sites is 1. The lowest BCUT2D eigenvalue weighted by atomic mass is 10.2. The van der Waals surface area contributed by atoms with Crippen molar-refractivity contribution in [2.45, 2.75) is 0 Å². The lowest BCUT2D eigenvalue weighted by molar-refractivity contribution is 0.0697. The molecule has 0 atom stereocenters. The van der Waals surface area contributed by atoms with Gasteiger partial charge in [0.1, 0.15) is 11.0 Å². The minimum absolute atomic E-state index is 0.331. The van der Waals surface area contributed by atoms with Gasteiger partial charge in [0.05, 0.1) is 5.56 Å². The fraction of sp³-hybridized carbons (Fsp3) is 0. The van der Waals surface area contributed by atoms with Crippen LogP contribution in [0.2, 0.25) is 0 Å². The summed E-state index contributed by atoms with van der Waals surface area (Å²) >= 11 is 0. The molecule has 0 aliphatic carbocycles. The number of aromatic carboxylic acids is 1. The molecule has 96 valence electrons. The monoisotopic (exact) mass is 257 g/mol. The Morgan fingerprint density at radius 2 is 1.63 bits per heavy atom. The van der Waals surface area contributed by atoms with E-state index in [1.807, 2.05) is 12.1 Å². The van der Waals surface area contributed by atoms with E-state index in [0.717, 1.165) is 4.85 Å². The zero-order valence-electron chi connectivity index (χ0n) is 9.84. The van der Waals surface area contributed by atoms with Gasteiger partial charge < -0.3 is 10.3 Å². The van der Waals surface area contributed by atoms with Crippen LogP contribution in [0.1, 0.15) is 10.4 Å². The minimum atomic E-state index is -0.879. The third-order valence-electron chi connectivity index (χ3n) is 2.36. The Bertz CT molecular complexity index is 680. The lowest BCUT2D eigenvalue weighted by Crippen LogP contribution is -1.93. The van der Waals surface area contributed by atoms with Crippen LogP contribution in [-0.4, -0.2) is 31.4 Å². The molecule has 6 nitrogen and oxygen atoms in total. The molecule has 1 heterocycles. The van der Waals surface area contributed by atoms with Gasteiger partial charge in [-0.25, -0.2) is 4.79 Å². The second-order valence-corrected chi connectivity index (χ2v) is 3.64. The molecule has 0 unspecified atom stereocenters. The highest BCUT2D eigenvalue weighted by Crippen LogP contribution is 2.06. The number of rotatable bonds is 1. The molecule has 0 fully saturated rings. The molecule has 2 aromatic carbocycles. The summed E-state index contributed by atoms with van der Waals surface area (Å²) in [4.78, 5) is 11.0. The molecule has 3 rings (SSSR count). The zero-order chi connectivity index (χ0) is 13.7. The van der Waals surface area contributed by atoms with Crippen molar-refractivity contribution in [1.29, 1.82) is 0 Å². The van der Waals surface area contributed by atoms with Gasteiger partial charge >= 0.3 is 5.97 Å². The quantitative estimate of drug-likeness (QED) is 0.651. The van der Waals surface area contributed by atoms with Crippen LogP contribution < -0.4 is 0 Å². The van der Waals surface area contributed by atoms with E-state index in [2.05, 4.69) is 10.3 Å². The third-order valence-corrected chi connectivity index (χ3v) is 2.36.